The Kier molecular flexibility index (Phi) is 6.51. The molecule has 9 heteroatoms. The minimum atomic E-state index is -0.542. The number of carbonyl (C=O) groups excluding carboxylic acids is 2. The van der Waals surface area contributed by atoms with E-state index in [1.165, 1.54) is 0 Å². The summed E-state index contributed by atoms with van der Waals surface area (Å²) in [7, 11) is 0. The molecule has 2 aliphatic heterocycles. The number of nitrogens with two attached hydrogens (primary N) is 1. The highest BCUT2D eigenvalue weighted by Gasteiger charge is 2.23. The second-order valence-corrected chi connectivity index (χ2v) is 6.48. The van der Waals surface area contributed by atoms with E-state index in [9.17, 15) is 9.59 Å². The topological polar surface area (TPSA) is 118 Å². The average molecular weight is 387 g/mol. The van der Waals surface area contributed by atoms with Crippen LogP contribution < -0.4 is 26.4 Å². The monoisotopic (exact) mass is 387 g/mol. The molecule has 0 radical (unpaired) electrons. The number of ether oxygens (including phenoxy) is 2. The summed E-state index contributed by atoms with van der Waals surface area (Å²) in [4.78, 5) is 26.1. The SMILES string of the molecule is C=C1NC(=O)NC(C(=O)NCc2cccc(OCCN3CCOCC3)c2)=C1N. The molecule has 9 nitrogen and oxygen atoms in total. The molecule has 2 heterocycles. The molecule has 3 rings (SSSR count). The normalized spacial score (nSPS) is 17.7. The molecule has 0 saturated carbocycles. The number of nitrogens with zero attached hydrogens (tertiary/aromatic N) is 1. The fourth-order valence-corrected chi connectivity index (χ4v) is 2.88. The third-order valence-corrected chi connectivity index (χ3v) is 4.46. The number of benzene rings is 1. The standard InChI is InChI=1S/C19H25N5O4/c1-13-16(20)17(23-19(26)22-13)18(25)21-12-14-3-2-4-15(11-14)28-10-7-24-5-8-27-9-6-24/h2-4,11H,1,5-10,12,20H2,(H,21,25)(H2,22,23,26). The lowest BCUT2D eigenvalue weighted by molar-refractivity contribution is -0.118. The highest BCUT2D eigenvalue weighted by molar-refractivity contribution is 6.00. The van der Waals surface area contributed by atoms with E-state index in [1.54, 1.807) is 0 Å². The van der Waals surface area contributed by atoms with Crippen LogP contribution in [0.3, 0.4) is 0 Å². The molecule has 0 bridgehead atoms. The van der Waals surface area contributed by atoms with E-state index in [1.807, 2.05) is 24.3 Å². The van der Waals surface area contributed by atoms with Crippen LogP contribution in [0.5, 0.6) is 5.75 Å². The van der Waals surface area contributed by atoms with E-state index in [0.29, 0.717) is 6.61 Å². The van der Waals surface area contributed by atoms with E-state index in [4.69, 9.17) is 15.2 Å². The number of carbonyl (C=O) groups is 2. The first-order valence-corrected chi connectivity index (χ1v) is 9.10. The summed E-state index contributed by atoms with van der Waals surface area (Å²) < 4.78 is 11.1. The molecule has 0 aromatic heterocycles. The Bertz CT molecular complexity index is 786. The van der Waals surface area contributed by atoms with Gasteiger partial charge in [-0.3, -0.25) is 9.69 Å². The number of rotatable bonds is 7. The summed E-state index contributed by atoms with van der Waals surface area (Å²) in [6.07, 6.45) is 0. The minimum Gasteiger partial charge on any atom is -0.492 e. The molecule has 2 aliphatic rings. The average Bonchev–Trinajstić information content (AvgIpc) is 2.70. The van der Waals surface area contributed by atoms with E-state index >= 15 is 0 Å². The van der Waals surface area contributed by atoms with Crippen LogP contribution in [-0.2, 0) is 16.1 Å². The van der Waals surface area contributed by atoms with Crippen molar-refractivity contribution in [2.75, 3.05) is 39.5 Å². The van der Waals surface area contributed by atoms with Gasteiger partial charge in [0.25, 0.3) is 5.91 Å². The summed E-state index contributed by atoms with van der Waals surface area (Å²) in [5.41, 5.74) is 6.98. The highest BCUT2D eigenvalue weighted by Crippen LogP contribution is 2.14. The number of nitrogens with one attached hydrogen (secondary N) is 3. The second kappa shape index (κ2) is 9.25. The van der Waals surface area contributed by atoms with Crippen molar-refractivity contribution in [2.24, 2.45) is 5.73 Å². The molecular formula is C19H25N5O4. The van der Waals surface area contributed by atoms with Crippen LogP contribution in [-0.4, -0.2) is 56.3 Å². The molecule has 3 amide bonds. The third kappa shape index (κ3) is 5.24. The van der Waals surface area contributed by atoms with Crippen LogP contribution in [0.1, 0.15) is 5.56 Å². The first-order chi connectivity index (χ1) is 13.5. The molecular weight excluding hydrogens is 362 g/mol. The van der Waals surface area contributed by atoms with Gasteiger partial charge in [0.05, 0.1) is 24.6 Å². The predicted molar refractivity (Wildman–Crippen MR) is 103 cm³/mol. The molecule has 1 fully saturated rings. The maximum absolute atomic E-state index is 12.3. The van der Waals surface area contributed by atoms with Gasteiger partial charge in [0.2, 0.25) is 0 Å². The second-order valence-electron chi connectivity index (χ2n) is 6.48. The van der Waals surface area contributed by atoms with Crippen molar-refractivity contribution in [2.45, 2.75) is 6.54 Å². The molecule has 0 spiro atoms. The fraction of sp³-hybridized carbons (Fsp3) is 0.368. The van der Waals surface area contributed by atoms with Gasteiger partial charge in [0.15, 0.2) is 0 Å². The highest BCUT2D eigenvalue weighted by atomic mass is 16.5. The summed E-state index contributed by atoms with van der Waals surface area (Å²) in [6.45, 7) is 8.68. The van der Waals surface area contributed by atoms with Gasteiger partial charge in [-0.05, 0) is 17.7 Å². The van der Waals surface area contributed by atoms with E-state index in [-0.39, 0.29) is 23.6 Å². The maximum Gasteiger partial charge on any atom is 0.323 e. The van der Waals surface area contributed by atoms with Gasteiger partial charge in [-0.25, -0.2) is 4.79 Å². The first kappa shape index (κ1) is 19.7. The molecule has 0 atom stereocenters. The number of morpholine rings is 1. The Morgan fingerprint density at radius 1 is 1.32 bits per heavy atom. The lowest BCUT2D eigenvalue weighted by Gasteiger charge is -2.26. The number of hydrogen-bond donors (Lipinski definition) is 4. The van der Waals surface area contributed by atoms with Crippen molar-refractivity contribution >= 4 is 11.9 Å². The van der Waals surface area contributed by atoms with Gasteiger partial charge >= 0.3 is 6.03 Å². The van der Waals surface area contributed by atoms with E-state index in [0.717, 1.165) is 44.2 Å². The third-order valence-electron chi connectivity index (χ3n) is 4.46. The largest absolute Gasteiger partial charge is 0.492 e. The summed E-state index contributed by atoms with van der Waals surface area (Å²) >= 11 is 0. The van der Waals surface area contributed by atoms with Gasteiger partial charge in [-0.1, -0.05) is 18.7 Å². The van der Waals surface area contributed by atoms with Crippen molar-refractivity contribution in [3.8, 4) is 5.75 Å². The molecule has 1 aromatic rings. The quantitative estimate of drug-likeness (QED) is 0.524. The predicted octanol–water partition coefficient (Wildman–Crippen LogP) is 0.0106. The number of amides is 3. The van der Waals surface area contributed by atoms with Gasteiger partial charge in [-0.15, -0.1) is 0 Å². The number of hydrogen-bond acceptors (Lipinski definition) is 6. The lowest BCUT2D eigenvalue weighted by atomic mass is 10.2. The van der Waals surface area contributed by atoms with Crippen LogP contribution >= 0.6 is 0 Å². The van der Waals surface area contributed by atoms with Crippen molar-refractivity contribution in [3.05, 3.63) is 53.5 Å². The van der Waals surface area contributed by atoms with Crippen LogP contribution in [0, 0.1) is 0 Å². The van der Waals surface area contributed by atoms with Gasteiger partial charge in [0, 0.05) is 26.2 Å². The van der Waals surface area contributed by atoms with Crippen LogP contribution in [0.25, 0.3) is 0 Å². The van der Waals surface area contributed by atoms with Crippen LogP contribution in [0.4, 0.5) is 4.79 Å². The molecule has 1 aromatic carbocycles. The Hall–Kier alpha value is -3.04. The van der Waals surface area contributed by atoms with Gasteiger partial charge in [0.1, 0.15) is 18.1 Å². The Balaban J connectivity index is 1.50. The van der Waals surface area contributed by atoms with E-state index < -0.39 is 11.9 Å². The van der Waals surface area contributed by atoms with Crippen molar-refractivity contribution in [3.63, 3.8) is 0 Å². The molecule has 1 saturated heterocycles. The van der Waals surface area contributed by atoms with Crippen molar-refractivity contribution in [1.29, 1.82) is 0 Å². The molecule has 0 unspecified atom stereocenters. The van der Waals surface area contributed by atoms with Crippen LogP contribution in [0.2, 0.25) is 0 Å². The van der Waals surface area contributed by atoms with E-state index in [2.05, 4.69) is 27.4 Å². The summed E-state index contributed by atoms with van der Waals surface area (Å²) in [5, 5.41) is 7.54. The molecule has 28 heavy (non-hydrogen) atoms. The summed E-state index contributed by atoms with van der Waals surface area (Å²) in [6, 6.07) is 6.96. The zero-order chi connectivity index (χ0) is 19.9. The zero-order valence-electron chi connectivity index (χ0n) is 15.6. The first-order valence-electron chi connectivity index (χ1n) is 9.10. The van der Waals surface area contributed by atoms with Crippen molar-refractivity contribution in [1.82, 2.24) is 20.9 Å². The minimum absolute atomic E-state index is 0.00772. The zero-order valence-corrected chi connectivity index (χ0v) is 15.6. The molecule has 5 N–H and O–H groups in total. The fourth-order valence-electron chi connectivity index (χ4n) is 2.88. The Labute approximate surface area is 163 Å². The summed E-state index contributed by atoms with van der Waals surface area (Å²) in [5.74, 6) is 0.259. The van der Waals surface area contributed by atoms with Gasteiger partial charge in [-0.2, -0.15) is 0 Å². The maximum atomic E-state index is 12.3. The van der Waals surface area contributed by atoms with Gasteiger partial charge < -0.3 is 31.2 Å². The Morgan fingerprint density at radius 3 is 2.89 bits per heavy atom. The number of urea groups is 1. The van der Waals surface area contributed by atoms with Crippen molar-refractivity contribution < 1.29 is 19.1 Å². The smallest absolute Gasteiger partial charge is 0.323 e. The van der Waals surface area contributed by atoms with Crippen LogP contribution in [0.15, 0.2) is 47.9 Å². The molecule has 0 aliphatic carbocycles. The molecule has 150 valence electrons. The lowest BCUT2D eigenvalue weighted by Crippen LogP contribution is -2.46. The Morgan fingerprint density at radius 2 is 2.11 bits per heavy atom.